The van der Waals surface area contributed by atoms with Crippen LogP contribution < -0.4 is 0 Å². The van der Waals surface area contributed by atoms with Crippen molar-refractivity contribution in [3.8, 4) is 0 Å². The zero-order chi connectivity index (χ0) is 9.26. The van der Waals surface area contributed by atoms with Crippen LogP contribution in [0.25, 0.3) is 0 Å². The number of ether oxygens (including phenoxy) is 2. The van der Waals surface area contributed by atoms with Crippen molar-refractivity contribution in [1.29, 1.82) is 0 Å². The van der Waals surface area contributed by atoms with E-state index in [1.165, 1.54) is 19.3 Å². The van der Waals surface area contributed by atoms with Gasteiger partial charge < -0.3 is 9.47 Å². The van der Waals surface area contributed by atoms with Gasteiger partial charge in [0.1, 0.15) is 0 Å². The molecule has 0 aliphatic carbocycles. The first-order valence-corrected chi connectivity index (χ1v) is 5.56. The van der Waals surface area contributed by atoms with Crippen LogP contribution in [0.4, 0.5) is 0 Å². The highest BCUT2D eigenvalue weighted by Gasteiger charge is 2.34. The lowest BCUT2D eigenvalue weighted by Gasteiger charge is -2.37. The van der Waals surface area contributed by atoms with E-state index in [1.807, 2.05) is 0 Å². The van der Waals surface area contributed by atoms with E-state index >= 15 is 0 Å². The van der Waals surface area contributed by atoms with Gasteiger partial charge in [-0.1, -0.05) is 6.92 Å². The average molecular weight is 184 g/mol. The third-order valence-electron chi connectivity index (χ3n) is 3.34. The van der Waals surface area contributed by atoms with Crippen LogP contribution in [0.2, 0.25) is 0 Å². The molecule has 0 N–H and O–H groups in total. The van der Waals surface area contributed by atoms with Crippen molar-refractivity contribution < 1.29 is 9.47 Å². The highest BCUT2D eigenvalue weighted by Crippen LogP contribution is 2.32. The minimum absolute atomic E-state index is 0.492. The Balaban J connectivity index is 1.72. The summed E-state index contributed by atoms with van der Waals surface area (Å²) < 4.78 is 11.3. The Morgan fingerprint density at radius 1 is 1.31 bits per heavy atom. The van der Waals surface area contributed by atoms with E-state index in [2.05, 4.69) is 13.8 Å². The van der Waals surface area contributed by atoms with E-state index in [-0.39, 0.29) is 0 Å². The first-order valence-electron chi connectivity index (χ1n) is 5.56. The largest absolute Gasteiger partial charge is 0.377 e. The van der Waals surface area contributed by atoms with Crippen molar-refractivity contribution >= 4 is 0 Å². The molecule has 0 aromatic carbocycles. The van der Waals surface area contributed by atoms with Crippen LogP contribution in [0.3, 0.4) is 0 Å². The minimum atomic E-state index is 0.492. The molecule has 2 heterocycles. The van der Waals surface area contributed by atoms with Crippen LogP contribution in [0.5, 0.6) is 0 Å². The first-order chi connectivity index (χ1) is 6.29. The molecule has 13 heavy (non-hydrogen) atoms. The van der Waals surface area contributed by atoms with Crippen molar-refractivity contribution in [2.24, 2.45) is 5.92 Å². The van der Waals surface area contributed by atoms with Crippen LogP contribution in [0.1, 0.15) is 39.5 Å². The Hall–Kier alpha value is -0.0800. The Morgan fingerprint density at radius 2 is 2.15 bits per heavy atom. The summed E-state index contributed by atoms with van der Waals surface area (Å²) in [5, 5.41) is 0. The lowest BCUT2D eigenvalue weighted by Crippen LogP contribution is -2.41. The molecule has 0 saturated carbocycles. The zero-order valence-electron chi connectivity index (χ0n) is 8.66. The number of rotatable bonds is 3. The molecule has 2 aliphatic heterocycles. The van der Waals surface area contributed by atoms with E-state index < -0.39 is 0 Å². The monoisotopic (exact) mass is 184 g/mol. The van der Waals surface area contributed by atoms with Gasteiger partial charge in [-0.2, -0.15) is 0 Å². The molecule has 2 fully saturated rings. The summed E-state index contributed by atoms with van der Waals surface area (Å²) in [7, 11) is 0. The van der Waals surface area contributed by atoms with Gasteiger partial charge in [0.05, 0.1) is 24.9 Å². The average Bonchev–Trinajstić information content (AvgIpc) is 2.46. The van der Waals surface area contributed by atoms with Gasteiger partial charge in [0.2, 0.25) is 0 Å². The molecule has 2 nitrogen and oxygen atoms in total. The van der Waals surface area contributed by atoms with Gasteiger partial charge in [-0.25, -0.2) is 0 Å². The highest BCUT2D eigenvalue weighted by molar-refractivity contribution is 4.82. The van der Waals surface area contributed by atoms with Crippen molar-refractivity contribution in [3.63, 3.8) is 0 Å². The van der Waals surface area contributed by atoms with Crippen molar-refractivity contribution in [3.05, 3.63) is 0 Å². The molecular formula is C11H20O2. The molecule has 0 radical (unpaired) electrons. The molecule has 2 unspecified atom stereocenters. The van der Waals surface area contributed by atoms with Crippen LogP contribution in [-0.2, 0) is 9.47 Å². The molecule has 2 aliphatic rings. The fraction of sp³-hybridized carbons (Fsp3) is 1.00. The fourth-order valence-electron chi connectivity index (χ4n) is 2.44. The first kappa shape index (κ1) is 9.47. The van der Waals surface area contributed by atoms with Crippen molar-refractivity contribution in [2.75, 3.05) is 6.61 Å². The molecule has 4 atom stereocenters. The van der Waals surface area contributed by atoms with E-state index in [4.69, 9.17) is 9.47 Å². The van der Waals surface area contributed by atoms with E-state index in [9.17, 15) is 0 Å². The smallest absolute Gasteiger partial charge is 0.0623 e. The summed E-state index contributed by atoms with van der Waals surface area (Å²) in [6, 6.07) is 0. The molecule has 0 bridgehead atoms. The Morgan fingerprint density at radius 3 is 2.62 bits per heavy atom. The van der Waals surface area contributed by atoms with Gasteiger partial charge in [0.15, 0.2) is 0 Å². The standard InChI is InChI=1S/C11H20O2/c1-3-11-9(7-12-11)6-10-5-4-8(2)13-10/h8-11H,3-7H2,1-2H3/t8-,9+,10?,11?/m1/s1. The zero-order valence-corrected chi connectivity index (χ0v) is 8.66. The predicted molar refractivity (Wildman–Crippen MR) is 51.7 cm³/mol. The van der Waals surface area contributed by atoms with Gasteiger partial charge >= 0.3 is 0 Å². The Labute approximate surface area is 80.6 Å². The van der Waals surface area contributed by atoms with Gasteiger partial charge in [0.25, 0.3) is 0 Å². The maximum absolute atomic E-state index is 5.80. The van der Waals surface area contributed by atoms with E-state index in [0.29, 0.717) is 18.3 Å². The van der Waals surface area contributed by atoms with Gasteiger partial charge in [-0.15, -0.1) is 0 Å². The molecule has 0 aromatic heterocycles. The lowest BCUT2D eigenvalue weighted by molar-refractivity contribution is -0.131. The summed E-state index contributed by atoms with van der Waals surface area (Å²) in [5.74, 6) is 0.778. The third kappa shape index (κ3) is 2.05. The second-order valence-electron chi connectivity index (χ2n) is 4.42. The summed E-state index contributed by atoms with van der Waals surface area (Å²) in [6.07, 6.45) is 6.43. The third-order valence-corrected chi connectivity index (χ3v) is 3.34. The van der Waals surface area contributed by atoms with Gasteiger partial charge in [0, 0.05) is 5.92 Å². The second kappa shape index (κ2) is 3.97. The van der Waals surface area contributed by atoms with Gasteiger partial charge in [-0.05, 0) is 32.6 Å². The van der Waals surface area contributed by atoms with Crippen molar-refractivity contribution in [2.45, 2.75) is 57.8 Å². The van der Waals surface area contributed by atoms with E-state index in [1.54, 1.807) is 0 Å². The molecule has 0 spiro atoms. The Kier molecular flexibility index (Phi) is 2.89. The normalized spacial score (nSPS) is 44.8. The SMILES string of the molecule is CCC1OC[C@@H]1CC1CC[C@@H](C)O1. The quantitative estimate of drug-likeness (QED) is 0.670. The second-order valence-corrected chi connectivity index (χ2v) is 4.42. The molecule has 2 saturated heterocycles. The maximum atomic E-state index is 5.80. The Bertz CT molecular complexity index is 167. The minimum Gasteiger partial charge on any atom is -0.377 e. The van der Waals surface area contributed by atoms with Crippen LogP contribution in [-0.4, -0.2) is 24.9 Å². The van der Waals surface area contributed by atoms with Gasteiger partial charge in [-0.3, -0.25) is 0 Å². The summed E-state index contributed by atoms with van der Waals surface area (Å²) in [6.45, 7) is 5.34. The fourth-order valence-corrected chi connectivity index (χ4v) is 2.44. The lowest BCUT2D eigenvalue weighted by atomic mass is 9.89. The maximum Gasteiger partial charge on any atom is 0.0623 e. The summed E-state index contributed by atoms with van der Waals surface area (Å²) in [4.78, 5) is 0. The van der Waals surface area contributed by atoms with Crippen LogP contribution in [0, 0.1) is 5.92 Å². The molecule has 0 aromatic rings. The van der Waals surface area contributed by atoms with E-state index in [0.717, 1.165) is 18.9 Å². The number of hydrogen-bond acceptors (Lipinski definition) is 2. The van der Waals surface area contributed by atoms with Crippen LogP contribution in [0.15, 0.2) is 0 Å². The van der Waals surface area contributed by atoms with Crippen molar-refractivity contribution in [1.82, 2.24) is 0 Å². The molecule has 76 valence electrons. The highest BCUT2D eigenvalue weighted by atomic mass is 16.5. The topological polar surface area (TPSA) is 18.5 Å². The summed E-state index contributed by atoms with van der Waals surface area (Å²) >= 11 is 0. The van der Waals surface area contributed by atoms with Crippen LogP contribution >= 0.6 is 0 Å². The number of hydrogen-bond donors (Lipinski definition) is 0. The summed E-state index contributed by atoms with van der Waals surface area (Å²) in [5.41, 5.74) is 0. The molecular weight excluding hydrogens is 164 g/mol. The molecule has 2 heteroatoms. The molecule has 2 rings (SSSR count). The molecule has 0 amide bonds. The predicted octanol–water partition coefficient (Wildman–Crippen LogP) is 2.37.